The lowest BCUT2D eigenvalue weighted by molar-refractivity contribution is -0.0876. The summed E-state index contributed by atoms with van der Waals surface area (Å²) in [7, 11) is 0. The largest absolute Gasteiger partial charge is 0.367 e. The van der Waals surface area contributed by atoms with E-state index in [0.717, 1.165) is 11.1 Å². The van der Waals surface area contributed by atoms with Crippen LogP contribution in [0, 0.1) is 13.8 Å². The quantitative estimate of drug-likeness (QED) is 0.690. The molecule has 1 aromatic rings. The van der Waals surface area contributed by atoms with Crippen LogP contribution in [0.25, 0.3) is 0 Å². The normalized spacial score (nSPS) is 30.6. The predicted octanol–water partition coefficient (Wildman–Crippen LogP) is 2.81. The molecule has 0 bridgehead atoms. The SMILES string of the molecule is Cc1ccc(C)c(C(=O)CC2OC(O)C(Cl)C2Cl)c1. The summed E-state index contributed by atoms with van der Waals surface area (Å²) in [6.45, 7) is 3.82. The van der Waals surface area contributed by atoms with Crippen molar-refractivity contribution in [3.05, 3.63) is 34.9 Å². The van der Waals surface area contributed by atoms with Gasteiger partial charge in [-0.1, -0.05) is 17.7 Å². The molecule has 1 N–H and O–H groups in total. The monoisotopic (exact) mass is 302 g/mol. The van der Waals surface area contributed by atoms with Gasteiger partial charge in [-0.3, -0.25) is 4.79 Å². The number of benzene rings is 1. The Balaban J connectivity index is 2.12. The lowest BCUT2D eigenvalue weighted by Gasteiger charge is -2.13. The summed E-state index contributed by atoms with van der Waals surface area (Å²) in [5.41, 5.74) is 2.61. The van der Waals surface area contributed by atoms with Gasteiger partial charge in [-0.25, -0.2) is 0 Å². The van der Waals surface area contributed by atoms with Gasteiger partial charge in [0.25, 0.3) is 0 Å². The van der Waals surface area contributed by atoms with E-state index >= 15 is 0 Å². The molecule has 3 nitrogen and oxygen atoms in total. The number of hydrogen-bond donors (Lipinski definition) is 1. The number of rotatable bonds is 3. The lowest BCUT2D eigenvalue weighted by atomic mass is 9.97. The van der Waals surface area contributed by atoms with Crippen LogP contribution >= 0.6 is 23.2 Å². The van der Waals surface area contributed by atoms with E-state index in [1.54, 1.807) is 0 Å². The molecule has 0 radical (unpaired) electrons. The van der Waals surface area contributed by atoms with Gasteiger partial charge in [-0.05, 0) is 25.5 Å². The molecule has 19 heavy (non-hydrogen) atoms. The van der Waals surface area contributed by atoms with Gasteiger partial charge >= 0.3 is 0 Å². The molecular formula is C14H16Cl2O3. The van der Waals surface area contributed by atoms with Crippen molar-refractivity contribution in [1.82, 2.24) is 0 Å². The van der Waals surface area contributed by atoms with Gasteiger partial charge in [0.2, 0.25) is 0 Å². The molecule has 2 rings (SSSR count). The smallest absolute Gasteiger partial charge is 0.172 e. The second-order valence-electron chi connectivity index (χ2n) is 4.90. The van der Waals surface area contributed by atoms with Gasteiger partial charge < -0.3 is 9.84 Å². The fourth-order valence-corrected chi connectivity index (χ4v) is 2.68. The van der Waals surface area contributed by atoms with Gasteiger partial charge in [0.1, 0.15) is 5.38 Å². The Hall–Kier alpha value is -0.610. The molecule has 1 fully saturated rings. The third-order valence-corrected chi connectivity index (χ3v) is 4.49. The molecule has 0 aliphatic carbocycles. The van der Waals surface area contributed by atoms with Crippen LogP contribution in [0.3, 0.4) is 0 Å². The Labute approximate surface area is 122 Å². The number of aryl methyl sites for hydroxylation is 2. The Bertz CT molecular complexity index is 490. The van der Waals surface area contributed by atoms with Crippen molar-refractivity contribution in [2.75, 3.05) is 0 Å². The highest BCUT2D eigenvalue weighted by Gasteiger charge is 2.42. The number of Topliss-reactive ketones (excluding diaryl/α,β-unsaturated/α-hetero) is 1. The molecule has 0 spiro atoms. The van der Waals surface area contributed by atoms with Gasteiger partial charge in [0.15, 0.2) is 12.1 Å². The van der Waals surface area contributed by atoms with Crippen LogP contribution in [0.1, 0.15) is 27.9 Å². The van der Waals surface area contributed by atoms with Crippen LogP contribution in [0.5, 0.6) is 0 Å². The fourth-order valence-electron chi connectivity index (χ4n) is 2.18. The van der Waals surface area contributed by atoms with Crippen molar-refractivity contribution in [3.63, 3.8) is 0 Å². The standard InChI is InChI=1S/C14H16Cl2O3/c1-7-3-4-8(2)9(5-7)10(17)6-11-12(15)13(16)14(18)19-11/h3-5,11-14,18H,6H2,1-2H3. The highest BCUT2D eigenvalue weighted by atomic mass is 35.5. The predicted molar refractivity (Wildman–Crippen MR) is 75.0 cm³/mol. The molecule has 5 heteroatoms. The Kier molecular flexibility index (Phi) is 4.51. The first-order chi connectivity index (χ1) is 8.90. The second kappa shape index (κ2) is 5.80. The lowest BCUT2D eigenvalue weighted by Crippen LogP contribution is -2.25. The van der Waals surface area contributed by atoms with Crippen molar-refractivity contribution in [2.45, 2.75) is 43.4 Å². The third kappa shape index (κ3) is 3.11. The number of carbonyl (C=O) groups is 1. The average molecular weight is 303 g/mol. The molecule has 1 aromatic carbocycles. The third-order valence-electron chi connectivity index (χ3n) is 3.33. The van der Waals surface area contributed by atoms with E-state index in [2.05, 4.69) is 0 Å². The summed E-state index contributed by atoms with van der Waals surface area (Å²) in [6, 6.07) is 5.72. The summed E-state index contributed by atoms with van der Waals surface area (Å²) >= 11 is 11.9. The molecule has 0 amide bonds. The maximum atomic E-state index is 12.3. The fraction of sp³-hybridized carbons (Fsp3) is 0.500. The Morgan fingerprint density at radius 3 is 2.58 bits per heavy atom. The van der Waals surface area contributed by atoms with E-state index in [9.17, 15) is 9.90 Å². The molecule has 0 aromatic heterocycles. The minimum atomic E-state index is -1.11. The average Bonchev–Trinajstić information content (AvgIpc) is 2.60. The number of ketones is 1. The second-order valence-corrected chi connectivity index (χ2v) is 5.91. The van der Waals surface area contributed by atoms with Crippen LogP contribution in [0.4, 0.5) is 0 Å². The van der Waals surface area contributed by atoms with Crippen molar-refractivity contribution in [2.24, 2.45) is 0 Å². The zero-order valence-electron chi connectivity index (χ0n) is 10.8. The molecular weight excluding hydrogens is 287 g/mol. The molecule has 0 saturated carbocycles. The summed E-state index contributed by atoms with van der Waals surface area (Å²) in [6.07, 6.45) is -1.54. The van der Waals surface area contributed by atoms with Crippen molar-refractivity contribution in [3.8, 4) is 0 Å². The van der Waals surface area contributed by atoms with Crippen molar-refractivity contribution >= 4 is 29.0 Å². The molecule has 1 aliphatic heterocycles. The zero-order valence-corrected chi connectivity index (χ0v) is 12.3. The first-order valence-corrected chi connectivity index (χ1v) is 6.99. The van der Waals surface area contributed by atoms with Crippen molar-refractivity contribution < 1.29 is 14.6 Å². The number of carbonyl (C=O) groups excluding carboxylic acids is 1. The van der Waals surface area contributed by atoms with Gasteiger partial charge in [0, 0.05) is 12.0 Å². The van der Waals surface area contributed by atoms with E-state index in [-0.39, 0.29) is 12.2 Å². The van der Waals surface area contributed by atoms with Crippen LogP contribution in [0.15, 0.2) is 18.2 Å². The minimum Gasteiger partial charge on any atom is -0.367 e. The summed E-state index contributed by atoms with van der Waals surface area (Å²) in [4.78, 5) is 12.3. The summed E-state index contributed by atoms with van der Waals surface area (Å²) in [5.74, 6) is -0.0465. The number of alkyl halides is 2. The van der Waals surface area contributed by atoms with Crippen LogP contribution in [-0.4, -0.2) is 34.0 Å². The van der Waals surface area contributed by atoms with E-state index in [1.165, 1.54) is 0 Å². The minimum absolute atomic E-state index is 0.0465. The molecule has 1 heterocycles. The highest BCUT2D eigenvalue weighted by molar-refractivity contribution is 6.31. The van der Waals surface area contributed by atoms with Crippen molar-refractivity contribution in [1.29, 1.82) is 0 Å². The van der Waals surface area contributed by atoms with Crippen LogP contribution in [-0.2, 0) is 4.74 Å². The Morgan fingerprint density at radius 2 is 2.00 bits per heavy atom. The number of ether oxygens (including phenoxy) is 1. The number of halogens is 2. The first-order valence-electron chi connectivity index (χ1n) is 6.12. The van der Waals surface area contributed by atoms with Gasteiger partial charge in [-0.2, -0.15) is 0 Å². The molecule has 4 atom stereocenters. The topological polar surface area (TPSA) is 46.5 Å². The summed E-state index contributed by atoms with van der Waals surface area (Å²) < 4.78 is 5.22. The van der Waals surface area contributed by atoms with Crippen LogP contribution in [0.2, 0.25) is 0 Å². The molecule has 1 aliphatic rings. The van der Waals surface area contributed by atoms with E-state index in [0.29, 0.717) is 5.56 Å². The van der Waals surface area contributed by atoms with E-state index < -0.39 is 23.1 Å². The highest BCUT2D eigenvalue weighted by Crippen LogP contribution is 2.31. The maximum Gasteiger partial charge on any atom is 0.172 e. The Morgan fingerprint density at radius 1 is 1.32 bits per heavy atom. The molecule has 4 unspecified atom stereocenters. The first kappa shape index (κ1) is 14.8. The van der Waals surface area contributed by atoms with E-state index in [1.807, 2.05) is 32.0 Å². The maximum absolute atomic E-state index is 12.3. The van der Waals surface area contributed by atoms with Crippen LogP contribution < -0.4 is 0 Å². The van der Waals surface area contributed by atoms with Gasteiger partial charge in [0.05, 0.1) is 11.5 Å². The summed E-state index contributed by atoms with van der Waals surface area (Å²) in [5, 5.41) is 8.22. The number of aliphatic hydroxyl groups excluding tert-OH is 1. The van der Waals surface area contributed by atoms with E-state index in [4.69, 9.17) is 27.9 Å². The number of aliphatic hydroxyl groups is 1. The number of hydrogen-bond acceptors (Lipinski definition) is 3. The zero-order chi connectivity index (χ0) is 14.2. The molecule has 1 saturated heterocycles. The van der Waals surface area contributed by atoms with Gasteiger partial charge in [-0.15, -0.1) is 23.2 Å². The molecule has 104 valence electrons.